The van der Waals surface area contributed by atoms with E-state index in [1.165, 1.54) is 94.4 Å². The SMILES string of the molecule is CCCCC1(N(C)C)CCC(c2[nH]c3ccccc3c2CC2CCCCC2)CC1. The molecule has 0 spiro atoms. The van der Waals surface area contributed by atoms with Gasteiger partial charge >= 0.3 is 0 Å². The molecule has 0 unspecified atom stereocenters. The molecule has 0 bridgehead atoms. The fraction of sp³-hybridized carbons (Fsp3) is 0.704. The van der Waals surface area contributed by atoms with E-state index in [0.717, 1.165) is 11.8 Å². The molecule has 0 aliphatic heterocycles. The topological polar surface area (TPSA) is 19.0 Å². The third kappa shape index (κ3) is 4.43. The Kier molecular flexibility index (Phi) is 6.69. The summed E-state index contributed by atoms with van der Waals surface area (Å²) >= 11 is 0. The highest BCUT2D eigenvalue weighted by Gasteiger charge is 2.38. The lowest BCUT2D eigenvalue weighted by Crippen LogP contribution is -2.46. The van der Waals surface area contributed by atoms with Crippen molar-refractivity contribution in [3.63, 3.8) is 0 Å². The van der Waals surface area contributed by atoms with Gasteiger partial charge in [-0.05, 0) is 76.1 Å². The van der Waals surface area contributed by atoms with Crippen molar-refractivity contribution >= 4 is 10.9 Å². The molecular formula is C27H42N2. The normalized spacial score (nSPS) is 26.4. The molecule has 2 aliphatic carbocycles. The van der Waals surface area contributed by atoms with E-state index in [1.807, 2.05) is 0 Å². The second-order valence-corrected chi connectivity index (χ2v) is 10.3. The Morgan fingerprint density at radius 1 is 1.00 bits per heavy atom. The van der Waals surface area contributed by atoms with E-state index < -0.39 is 0 Å². The van der Waals surface area contributed by atoms with Crippen LogP contribution in [0.4, 0.5) is 0 Å². The lowest BCUT2D eigenvalue weighted by atomic mass is 9.71. The number of aromatic amines is 1. The first-order valence-electron chi connectivity index (χ1n) is 12.4. The van der Waals surface area contributed by atoms with Gasteiger partial charge in [-0.25, -0.2) is 0 Å². The Hall–Kier alpha value is -1.28. The Bertz CT molecular complexity index is 773. The minimum atomic E-state index is 0.433. The van der Waals surface area contributed by atoms with Crippen molar-refractivity contribution in [1.29, 1.82) is 0 Å². The van der Waals surface area contributed by atoms with E-state index in [1.54, 1.807) is 11.3 Å². The van der Waals surface area contributed by atoms with Gasteiger partial charge in [0.25, 0.3) is 0 Å². The maximum atomic E-state index is 3.91. The summed E-state index contributed by atoms with van der Waals surface area (Å²) in [6.45, 7) is 2.33. The highest BCUT2D eigenvalue weighted by molar-refractivity contribution is 5.85. The summed E-state index contributed by atoms with van der Waals surface area (Å²) in [4.78, 5) is 6.46. The molecule has 1 heterocycles. The molecule has 2 aromatic rings. The van der Waals surface area contributed by atoms with Crippen molar-refractivity contribution in [3.8, 4) is 0 Å². The predicted octanol–water partition coefficient (Wildman–Crippen LogP) is 7.44. The summed E-state index contributed by atoms with van der Waals surface area (Å²) in [6.07, 6.45) is 17.9. The zero-order valence-electron chi connectivity index (χ0n) is 19.1. The Balaban J connectivity index is 1.56. The Labute approximate surface area is 178 Å². The fourth-order valence-electron chi connectivity index (χ4n) is 6.34. The van der Waals surface area contributed by atoms with Crippen molar-refractivity contribution in [1.82, 2.24) is 9.88 Å². The average molecular weight is 395 g/mol. The van der Waals surface area contributed by atoms with E-state index in [-0.39, 0.29) is 0 Å². The van der Waals surface area contributed by atoms with Crippen molar-refractivity contribution in [2.45, 2.75) is 102 Å². The number of nitrogens with one attached hydrogen (secondary N) is 1. The number of nitrogens with zero attached hydrogens (tertiary/aromatic N) is 1. The van der Waals surface area contributed by atoms with E-state index in [0.29, 0.717) is 5.54 Å². The van der Waals surface area contributed by atoms with Gasteiger partial charge in [0.1, 0.15) is 0 Å². The minimum absolute atomic E-state index is 0.433. The molecule has 0 saturated heterocycles. The van der Waals surface area contributed by atoms with Crippen LogP contribution < -0.4 is 0 Å². The van der Waals surface area contributed by atoms with Crippen LogP contribution in [0.15, 0.2) is 24.3 Å². The first kappa shape index (κ1) is 21.0. The maximum absolute atomic E-state index is 3.91. The second-order valence-electron chi connectivity index (χ2n) is 10.3. The van der Waals surface area contributed by atoms with Gasteiger partial charge in [-0.15, -0.1) is 0 Å². The number of hydrogen-bond donors (Lipinski definition) is 1. The second kappa shape index (κ2) is 9.25. The Morgan fingerprint density at radius 2 is 1.72 bits per heavy atom. The van der Waals surface area contributed by atoms with Gasteiger partial charge in [-0.2, -0.15) is 0 Å². The molecule has 4 rings (SSSR count). The number of unbranched alkanes of at least 4 members (excludes halogenated alkanes) is 1. The van der Waals surface area contributed by atoms with Gasteiger partial charge in [-0.3, -0.25) is 0 Å². The number of benzene rings is 1. The molecule has 2 heteroatoms. The molecule has 0 atom stereocenters. The van der Waals surface area contributed by atoms with Crippen LogP contribution in [-0.4, -0.2) is 29.5 Å². The van der Waals surface area contributed by atoms with Crippen LogP contribution in [0.25, 0.3) is 10.9 Å². The van der Waals surface area contributed by atoms with Crippen LogP contribution in [0, 0.1) is 5.92 Å². The van der Waals surface area contributed by atoms with Crippen LogP contribution in [0.2, 0.25) is 0 Å². The van der Waals surface area contributed by atoms with Gasteiger partial charge in [-0.1, -0.05) is 70.1 Å². The molecule has 1 aromatic carbocycles. The molecule has 29 heavy (non-hydrogen) atoms. The number of rotatable bonds is 7. The number of hydrogen-bond acceptors (Lipinski definition) is 1. The summed E-state index contributed by atoms with van der Waals surface area (Å²) in [6, 6.07) is 9.07. The van der Waals surface area contributed by atoms with Gasteiger partial charge in [0.2, 0.25) is 0 Å². The maximum Gasteiger partial charge on any atom is 0.0459 e. The van der Waals surface area contributed by atoms with Crippen LogP contribution in [0.1, 0.15) is 101 Å². The largest absolute Gasteiger partial charge is 0.358 e. The Morgan fingerprint density at radius 3 is 2.41 bits per heavy atom. The summed E-state index contributed by atoms with van der Waals surface area (Å²) in [5, 5.41) is 1.50. The van der Waals surface area contributed by atoms with E-state index in [4.69, 9.17) is 0 Å². The van der Waals surface area contributed by atoms with Crippen LogP contribution in [0.5, 0.6) is 0 Å². The lowest BCUT2D eigenvalue weighted by Gasteiger charge is -2.45. The minimum Gasteiger partial charge on any atom is -0.358 e. The van der Waals surface area contributed by atoms with Crippen molar-refractivity contribution in [2.24, 2.45) is 5.92 Å². The van der Waals surface area contributed by atoms with E-state index in [9.17, 15) is 0 Å². The highest BCUT2D eigenvalue weighted by atomic mass is 15.1. The van der Waals surface area contributed by atoms with E-state index in [2.05, 4.69) is 55.2 Å². The van der Waals surface area contributed by atoms with Crippen LogP contribution in [-0.2, 0) is 6.42 Å². The lowest BCUT2D eigenvalue weighted by molar-refractivity contribution is 0.0802. The molecule has 2 nitrogen and oxygen atoms in total. The van der Waals surface area contributed by atoms with Gasteiger partial charge in [0.05, 0.1) is 0 Å². The molecule has 0 amide bonds. The summed E-state index contributed by atoms with van der Waals surface area (Å²) in [5.41, 5.74) is 5.06. The standard InChI is InChI=1S/C27H42N2/c1-4-5-17-27(29(2)3)18-15-22(16-19-27)26-24(20-21-11-7-6-8-12-21)23-13-9-10-14-25(23)28-26/h9-10,13-14,21-22,28H,4-8,11-12,15-20H2,1-3H3. The quantitative estimate of drug-likeness (QED) is 0.517. The molecule has 2 saturated carbocycles. The van der Waals surface area contributed by atoms with Crippen molar-refractivity contribution < 1.29 is 0 Å². The van der Waals surface area contributed by atoms with Crippen LogP contribution in [0.3, 0.4) is 0 Å². The smallest absolute Gasteiger partial charge is 0.0459 e. The first-order chi connectivity index (χ1) is 14.1. The summed E-state index contributed by atoms with van der Waals surface area (Å²) in [5.74, 6) is 1.62. The van der Waals surface area contributed by atoms with Crippen molar-refractivity contribution in [3.05, 3.63) is 35.5 Å². The zero-order valence-corrected chi connectivity index (χ0v) is 19.1. The predicted molar refractivity (Wildman–Crippen MR) is 126 cm³/mol. The summed E-state index contributed by atoms with van der Waals surface area (Å²) < 4.78 is 0. The third-order valence-corrected chi connectivity index (χ3v) is 8.33. The first-order valence-corrected chi connectivity index (χ1v) is 12.4. The number of fused-ring (bicyclic) bond motifs is 1. The molecule has 1 aromatic heterocycles. The monoisotopic (exact) mass is 394 g/mol. The number of H-pyrrole nitrogens is 1. The molecule has 160 valence electrons. The van der Waals surface area contributed by atoms with E-state index >= 15 is 0 Å². The highest BCUT2D eigenvalue weighted by Crippen LogP contribution is 2.45. The molecular weight excluding hydrogens is 352 g/mol. The average Bonchev–Trinajstić information content (AvgIpc) is 3.11. The molecule has 2 fully saturated rings. The van der Waals surface area contributed by atoms with Gasteiger partial charge in [0.15, 0.2) is 0 Å². The third-order valence-electron chi connectivity index (χ3n) is 8.33. The summed E-state index contributed by atoms with van der Waals surface area (Å²) in [7, 11) is 4.63. The fourth-order valence-corrected chi connectivity index (χ4v) is 6.34. The molecule has 2 aliphatic rings. The van der Waals surface area contributed by atoms with Crippen molar-refractivity contribution in [2.75, 3.05) is 14.1 Å². The zero-order chi connectivity index (χ0) is 20.3. The van der Waals surface area contributed by atoms with Gasteiger partial charge < -0.3 is 9.88 Å². The van der Waals surface area contributed by atoms with Gasteiger partial charge in [0, 0.05) is 22.1 Å². The number of aromatic nitrogens is 1. The number of para-hydroxylation sites is 1. The van der Waals surface area contributed by atoms with Crippen LogP contribution >= 0.6 is 0 Å². The molecule has 1 N–H and O–H groups in total. The molecule has 0 radical (unpaired) electrons.